The predicted molar refractivity (Wildman–Crippen MR) is 65.5 cm³/mol. The van der Waals surface area contributed by atoms with Crippen LogP contribution in [0.4, 0.5) is 0 Å². The number of halogens is 1. The van der Waals surface area contributed by atoms with Crippen molar-refractivity contribution < 1.29 is 9.32 Å². The number of carbonyl (C=O) groups excluding carboxylic acids is 1. The highest BCUT2D eigenvalue weighted by Crippen LogP contribution is 2.16. The van der Waals surface area contributed by atoms with Gasteiger partial charge in [-0.05, 0) is 20.3 Å². The largest absolute Gasteiger partial charge is 0.361 e. The first kappa shape index (κ1) is 13.2. The van der Waals surface area contributed by atoms with Gasteiger partial charge >= 0.3 is 0 Å². The standard InChI is InChI=1S/C11H17BrN2O2/c1-5-10(12)11(15)14(4)6-9-7(2)13-16-8(9)3/h10H,5-6H2,1-4H3. The van der Waals surface area contributed by atoms with Crippen LogP contribution < -0.4 is 0 Å². The Morgan fingerprint density at radius 2 is 2.19 bits per heavy atom. The topological polar surface area (TPSA) is 46.3 Å². The number of aromatic nitrogens is 1. The van der Waals surface area contributed by atoms with Gasteiger partial charge in [-0.15, -0.1) is 0 Å². The molecule has 1 unspecified atom stereocenters. The van der Waals surface area contributed by atoms with E-state index in [1.165, 1.54) is 0 Å². The molecule has 0 aliphatic carbocycles. The number of rotatable bonds is 4. The molecule has 16 heavy (non-hydrogen) atoms. The number of aryl methyl sites for hydroxylation is 2. The molecule has 1 rings (SSSR count). The van der Waals surface area contributed by atoms with Crippen molar-refractivity contribution in [3.63, 3.8) is 0 Å². The molecule has 0 aliphatic heterocycles. The first-order chi connectivity index (χ1) is 7.47. The zero-order valence-electron chi connectivity index (χ0n) is 10.1. The molecule has 0 aromatic carbocycles. The third-order valence-electron chi connectivity index (χ3n) is 2.58. The van der Waals surface area contributed by atoms with Gasteiger partial charge in [0.15, 0.2) is 0 Å². The zero-order valence-corrected chi connectivity index (χ0v) is 11.7. The van der Waals surface area contributed by atoms with E-state index in [0.717, 1.165) is 23.4 Å². The van der Waals surface area contributed by atoms with Crippen LogP contribution in [-0.2, 0) is 11.3 Å². The van der Waals surface area contributed by atoms with Crippen LogP contribution in [0, 0.1) is 13.8 Å². The van der Waals surface area contributed by atoms with Crippen molar-refractivity contribution in [1.82, 2.24) is 10.1 Å². The molecule has 4 nitrogen and oxygen atoms in total. The summed E-state index contributed by atoms with van der Waals surface area (Å²) < 4.78 is 5.06. The molecule has 1 atom stereocenters. The zero-order chi connectivity index (χ0) is 12.3. The molecule has 0 bridgehead atoms. The molecule has 1 amide bonds. The van der Waals surface area contributed by atoms with Crippen LogP contribution in [0.25, 0.3) is 0 Å². The smallest absolute Gasteiger partial charge is 0.236 e. The van der Waals surface area contributed by atoms with Gasteiger partial charge in [0.1, 0.15) is 5.76 Å². The SMILES string of the molecule is CCC(Br)C(=O)N(C)Cc1c(C)noc1C. The lowest BCUT2D eigenvalue weighted by Gasteiger charge is -2.19. The van der Waals surface area contributed by atoms with Crippen LogP contribution in [0.3, 0.4) is 0 Å². The third kappa shape index (κ3) is 2.84. The maximum absolute atomic E-state index is 11.9. The summed E-state index contributed by atoms with van der Waals surface area (Å²) in [5.41, 5.74) is 1.84. The summed E-state index contributed by atoms with van der Waals surface area (Å²) >= 11 is 3.35. The second-order valence-corrected chi connectivity index (χ2v) is 4.98. The fraction of sp³-hybridized carbons (Fsp3) is 0.636. The molecule has 0 radical (unpaired) electrons. The van der Waals surface area contributed by atoms with Crippen molar-refractivity contribution in [3.05, 3.63) is 17.0 Å². The van der Waals surface area contributed by atoms with E-state index < -0.39 is 0 Å². The minimum absolute atomic E-state index is 0.0856. The van der Waals surface area contributed by atoms with E-state index in [9.17, 15) is 4.79 Å². The van der Waals surface area contributed by atoms with E-state index in [1.54, 1.807) is 11.9 Å². The summed E-state index contributed by atoms with van der Waals surface area (Å²) in [6, 6.07) is 0. The number of hydrogen-bond acceptors (Lipinski definition) is 3. The van der Waals surface area contributed by atoms with Crippen LogP contribution in [0.15, 0.2) is 4.52 Å². The Morgan fingerprint density at radius 1 is 1.56 bits per heavy atom. The lowest BCUT2D eigenvalue weighted by atomic mass is 10.2. The van der Waals surface area contributed by atoms with Crippen LogP contribution in [0.2, 0.25) is 0 Å². The van der Waals surface area contributed by atoms with Gasteiger partial charge in [0.25, 0.3) is 0 Å². The Labute approximate surface area is 104 Å². The monoisotopic (exact) mass is 288 g/mol. The van der Waals surface area contributed by atoms with Gasteiger partial charge in [-0.3, -0.25) is 4.79 Å². The molecule has 0 N–H and O–H groups in total. The van der Waals surface area contributed by atoms with Crippen molar-refractivity contribution >= 4 is 21.8 Å². The molecule has 5 heteroatoms. The maximum atomic E-state index is 11.9. The van der Waals surface area contributed by atoms with Gasteiger partial charge in [0.2, 0.25) is 5.91 Å². The summed E-state index contributed by atoms with van der Waals surface area (Å²) in [5.74, 6) is 0.863. The predicted octanol–water partition coefficient (Wildman–Crippen LogP) is 2.42. The molecule has 1 heterocycles. The van der Waals surface area contributed by atoms with Gasteiger partial charge in [-0.1, -0.05) is 28.0 Å². The lowest BCUT2D eigenvalue weighted by molar-refractivity contribution is -0.129. The number of carbonyl (C=O) groups is 1. The van der Waals surface area contributed by atoms with Crippen molar-refractivity contribution in [2.24, 2.45) is 0 Å². The normalized spacial score (nSPS) is 12.6. The van der Waals surface area contributed by atoms with Crippen molar-refractivity contribution in [2.75, 3.05) is 7.05 Å². The maximum Gasteiger partial charge on any atom is 0.236 e. The number of nitrogens with zero attached hydrogens (tertiary/aromatic N) is 2. The molecule has 0 saturated heterocycles. The summed E-state index contributed by atoms with van der Waals surface area (Å²) in [7, 11) is 1.79. The Balaban J connectivity index is 2.71. The fourth-order valence-electron chi connectivity index (χ4n) is 1.46. The minimum Gasteiger partial charge on any atom is -0.361 e. The highest BCUT2D eigenvalue weighted by atomic mass is 79.9. The van der Waals surface area contributed by atoms with Gasteiger partial charge in [-0.2, -0.15) is 0 Å². The molecule has 0 spiro atoms. The number of alkyl halides is 1. The molecule has 0 aliphatic rings. The summed E-state index contributed by atoms with van der Waals surface area (Å²) in [6.45, 7) is 6.26. The van der Waals surface area contributed by atoms with Crippen molar-refractivity contribution in [2.45, 2.75) is 38.6 Å². The molecular formula is C11H17BrN2O2. The highest BCUT2D eigenvalue weighted by molar-refractivity contribution is 9.10. The molecule has 0 saturated carbocycles. The number of hydrogen-bond donors (Lipinski definition) is 0. The van der Waals surface area contributed by atoms with Gasteiger partial charge in [0, 0.05) is 12.6 Å². The average molecular weight is 289 g/mol. The van der Waals surface area contributed by atoms with Crippen LogP contribution in [0.1, 0.15) is 30.4 Å². The summed E-state index contributed by atoms with van der Waals surface area (Å²) in [5, 5.41) is 3.87. The molecule has 90 valence electrons. The van der Waals surface area contributed by atoms with E-state index in [4.69, 9.17) is 4.52 Å². The first-order valence-electron chi connectivity index (χ1n) is 5.28. The van der Waals surface area contributed by atoms with Crippen LogP contribution in [-0.4, -0.2) is 27.8 Å². The minimum atomic E-state index is -0.113. The summed E-state index contributed by atoms with van der Waals surface area (Å²) in [6.07, 6.45) is 0.783. The van der Waals surface area contributed by atoms with Crippen LogP contribution in [0.5, 0.6) is 0 Å². The van der Waals surface area contributed by atoms with E-state index in [1.807, 2.05) is 20.8 Å². The summed E-state index contributed by atoms with van der Waals surface area (Å²) in [4.78, 5) is 13.4. The van der Waals surface area contributed by atoms with Gasteiger partial charge in [-0.25, -0.2) is 0 Å². The third-order valence-corrected chi connectivity index (χ3v) is 3.62. The van der Waals surface area contributed by atoms with Crippen molar-refractivity contribution in [3.8, 4) is 0 Å². The first-order valence-corrected chi connectivity index (χ1v) is 6.19. The Kier molecular flexibility index (Phi) is 4.53. The number of amides is 1. The molecule has 0 fully saturated rings. The average Bonchev–Trinajstić information content (AvgIpc) is 2.58. The van der Waals surface area contributed by atoms with Crippen LogP contribution >= 0.6 is 15.9 Å². The Morgan fingerprint density at radius 3 is 2.62 bits per heavy atom. The molecule has 1 aromatic rings. The van der Waals surface area contributed by atoms with E-state index in [2.05, 4.69) is 21.1 Å². The van der Waals surface area contributed by atoms with E-state index in [-0.39, 0.29) is 10.7 Å². The fourth-order valence-corrected chi connectivity index (χ4v) is 1.81. The second-order valence-electron chi connectivity index (χ2n) is 3.87. The highest BCUT2D eigenvalue weighted by Gasteiger charge is 2.19. The quantitative estimate of drug-likeness (QED) is 0.800. The Bertz CT molecular complexity index is 357. The van der Waals surface area contributed by atoms with Gasteiger partial charge in [0.05, 0.1) is 17.1 Å². The molecule has 1 aromatic heterocycles. The van der Waals surface area contributed by atoms with Crippen molar-refractivity contribution in [1.29, 1.82) is 0 Å². The lowest BCUT2D eigenvalue weighted by Crippen LogP contribution is -2.32. The van der Waals surface area contributed by atoms with E-state index >= 15 is 0 Å². The second kappa shape index (κ2) is 5.48. The Hall–Kier alpha value is -0.840. The van der Waals surface area contributed by atoms with E-state index in [0.29, 0.717) is 6.54 Å². The molecular weight excluding hydrogens is 272 g/mol. The van der Waals surface area contributed by atoms with Gasteiger partial charge < -0.3 is 9.42 Å².